The molecule has 0 radical (unpaired) electrons. The van der Waals surface area contributed by atoms with Crippen LogP contribution in [0.15, 0.2) is 36.0 Å². The summed E-state index contributed by atoms with van der Waals surface area (Å²) in [5.41, 5.74) is 4.53. The fourth-order valence-corrected chi connectivity index (χ4v) is 4.35. The minimum absolute atomic E-state index is 0.345. The first-order valence-corrected chi connectivity index (χ1v) is 8.96. The molecular formula is C20H19BrN2O. The van der Waals surface area contributed by atoms with E-state index in [4.69, 9.17) is 0 Å². The molecule has 4 rings (SSSR count). The standard InChI is InChI=1S/C20H19BrN2O/c1-14-3-5-17(6-4-14)23-18-11-16-7-8-20(24,9-10-21)19(16,2)12-15(18)13-22-23/h3-6,11,13,24H,7-8,12H2,1-2H3. The molecule has 1 fully saturated rings. The molecule has 0 aliphatic heterocycles. The van der Waals surface area contributed by atoms with E-state index in [-0.39, 0.29) is 5.41 Å². The van der Waals surface area contributed by atoms with Crippen molar-refractivity contribution >= 4 is 22.0 Å². The third-order valence-corrected chi connectivity index (χ3v) is 5.85. The van der Waals surface area contributed by atoms with E-state index in [2.05, 4.69) is 76.0 Å². The van der Waals surface area contributed by atoms with Gasteiger partial charge in [0.15, 0.2) is 0 Å². The summed E-state index contributed by atoms with van der Waals surface area (Å²) in [5.74, 6) is 2.99. The molecule has 2 aromatic rings. The van der Waals surface area contributed by atoms with E-state index in [9.17, 15) is 5.11 Å². The van der Waals surface area contributed by atoms with Crippen molar-refractivity contribution in [2.45, 2.75) is 38.7 Å². The van der Waals surface area contributed by atoms with E-state index >= 15 is 0 Å². The van der Waals surface area contributed by atoms with Crippen molar-refractivity contribution < 1.29 is 5.11 Å². The molecule has 2 unspecified atom stereocenters. The zero-order valence-corrected chi connectivity index (χ0v) is 15.4. The second-order valence-electron chi connectivity index (χ2n) is 7.06. The molecule has 3 nitrogen and oxygen atoms in total. The second kappa shape index (κ2) is 5.34. The van der Waals surface area contributed by atoms with Crippen LogP contribution in [0.1, 0.15) is 36.6 Å². The van der Waals surface area contributed by atoms with Crippen LogP contribution in [-0.4, -0.2) is 20.5 Å². The minimum Gasteiger partial charge on any atom is -0.377 e. The maximum atomic E-state index is 11.1. The fourth-order valence-electron chi connectivity index (χ4n) is 4.02. The molecule has 0 bridgehead atoms. The monoisotopic (exact) mass is 382 g/mol. The molecule has 0 amide bonds. The van der Waals surface area contributed by atoms with Gasteiger partial charge in [-0.25, -0.2) is 4.68 Å². The number of rotatable bonds is 1. The van der Waals surface area contributed by atoms with Crippen LogP contribution in [-0.2, 0) is 6.42 Å². The number of fused-ring (bicyclic) bond motifs is 2. The Morgan fingerprint density at radius 3 is 2.75 bits per heavy atom. The van der Waals surface area contributed by atoms with Crippen LogP contribution >= 0.6 is 15.9 Å². The van der Waals surface area contributed by atoms with Crippen molar-refractivity contribution in [3.05, 3.63) is 52.9 Å². The highest BCUT2D eigenvalue weighted by atomic mass is 79.9. The third-order valence-electron chi connectivity index (χ3n) is 5.65. The van der Waals surface area contributed by atoms with Crippen molar-refractivity contribution in [1.82, 2.24) is 9.78 Å². The second-order valence-corrected chi connectivity index (χ2v) is 7.46. The Morgan fingerprint density at radius 2 is 2.04 bits per heavy atom. The molecule has 1 N–H and O–H groups in total. The summed E-state index contributed by atoms with van der Waals surface area (Å²) in [6.45, 7) is 4.20. The average molecular weight is 383 g/mol. The molecule has 4 heteroatoms. The Kier molecular flexibility index (Phi) is 3.49. The molecule has 2 atom stereocenters. The SMILES string of the molecule is Cc1ccc(-n2ncc3c2C=C2CCC(O)(C#CBr)C2(C)C3)cc1. The molecule has 1 saturated carbocycles. The van der Waals surface area contributed by atoms with Crippen molar-refractivity contribution in [2.75, 3.05) is 0 Å². The molecular weight excluding hydrogens is 364 g/mol. The number of halogens is 1. The summed E-state index contributed by atoms with van der Waals surface area (Å²) in [6.07, 6.45) is 6.44. The number of benzene rings is 1. The summed E-state index contributed by atoms with van der Waals surface area (Å²) in [4.78, 5) is 2.73. The maximum absolute atomic E-state index is 11.1. The highest BCUT2D eigenvalue weighted by molar-refractivity contribution is 9.12. The van der Waals surface area contributed by atoms with Crippen LogP contribution in [0.4, 0.5) is 0 Å². The predicted molar refractivity (Wildman–Crippen MR) is 99.0 cm³/mol. The van der Waals surface area contributed by atoms with Gasteiger partial charge in [0.05, 0.1) is 17.6 Å². The Morgan fingerprint density at radius 1 is 1.29 bits per heavy atom. The molecule has 122 valence electrons. The lowest BCUT2D eigenvalue weighted by atomic mass is 9.67. The third kappa shape index (κ3) is 2.12. The molecule has 2 aliphatic carbocycles. The Bertz CT molecular complexity index is 900. The minimum atomic E-state index is -0.980. The number of hydrogen-bond acceptors (Lipinski definition) is 2. The lowest BCUT2D eigenvalue weighted by Crippen LogP contribution is -2.44. The number of aromatic nitrogens is 2. The van der Waals surface area contributed by atoms with E-state index in [0.717, 1.165) is 24.2 Å². The lowest BCUT2D eigenvalue weighted by molar-refractivity contribution is 0.0154. The molecule has 1 aromatic heterocycles. The van der Waals surface area contributed by atoms with Crippen LogP contribution in [0.2, 0.25) is 0 Å². The topological polar surface area (TPSA) is 38.0 Å². The van der Waals surface area contributed by atoms with Gasteiger partial charge in [-0.2, -0.15) is 5.10 Å². The molecule has 2 aliphatic rings. The average Bonchev–Trinajstić information content (AvgIpc) is 3.06. The highest BCUT2D eigenvalue weighted by Crippen LogP contribution is 2.55. The van der Waals surface area contributed by atoms with E-state index < -0.39 is 5.60 Å². The van der Waals surface area contributed by atoms with Gasteiger partial charge in [-0.1, -0.05) is 36.1 Å². The van der Waals surface area contributed by atoms with E-state index in [1.54, 1.807) is 0 Å². The van der Waals surface area contributed by atoms with Gasteiger partial charge in [-0.05, 0) is 54.8 Å². The molecule has 0 spiro atoms. The first-order valence-electron chi connectivity index (χ1n) is 8.17. The van der Waals surface area contributed by atoms with Gasteiger partial charge in [-0.3, -0.25) is 0 Å². The summed E-state index contributed by atoms with van der Waals surface area (Å²) in [6, 6.07) is 8.39. The summed E-state index contributed by atoms with van der Waals surface area (Å²) < 4.78 is 1.99. The quantitative estimate of drug-likeness (QED) is 0.756. The molecule has 1 aromatic carbocycles. The Labute approximate surface area is 150 Å². The van der Waals surface area contributed by atoms with Gasteiger partial charge >= 0.3 is 0 Å². The van der Waals surface area contributed by atoms with Gasteiger partial charge in [0, 0.05) is 21.3 Å². The predicted octanol–water partition coefficient (Wildman–Crippen LogP) is 4.01. The Hall–Kier alpha value is -1.83. The summed E-state index contributed by atoms with van der Waals surface area (Å²) >= 11 is 3.15. The first kappa shape index (κ1) is 15.7. The van der Waals surface area contributed by atoms with Crippen molar-refractivity contribution in [2.24, 2.45) is 5.41 Å². The van der Waals surface area contributed by atoms with Gasteiger partial charge < -0.3 is 5.11 Å². The number of aliphatic hydroxyl groups is 1. The van der Waals surface area contributed by atoms with Crippen LogP contribution in [0.25, 0.3) is 11.8 Å². The molecule has 0 saturated heterocycles. The number of nitrogens with zero attached hydrogens (tertiary/aromatic N) is 2. The zero-order valence-electron chi connectivity index (χ0n) is 13.8. The first-order chi connectivity index (χ1) is 11.5. The smallest absolute Gasteiger partial charge is 0.136 e. The van der Waals surface area contributed by atoms with Crippen LogP contribution in [0.5, 0.6) is 0 Å². The van der Waals surface area contributed by atoms with Crippen molar-refractivity contribution in [1.29, 1.82) is 0 Å². The summed E-state index contributed by atoms with van der Waals surface area (Å²) in [5, 5.41) is 15.6. The van der Waals surface area contributed by atoms with Crippen LogP contribution in [0, 0.1) is 23.1 Å². The number of hydrogen-bond donors (Lipinski definition) is 1. The highest BCUT2D eigenvalue weighted by Gasteiger charge is 2.54. The largest absolute Gasteiger partial charge is 0.377 e. The van der Waals surface area contributed by atoms with Gasteiger partial charge in [0.2, 0.25) is 0 Å². The van der Waals surface area contributed by atoms with E-state index in [1.807, 2.05) is 10.9 Å². The normalized spacial score (nSPS) is 27.8. The van der Waals surface area contributed by atoms with Crippen molar-refractivity contribution in [3.63, 3.8) is 0 Å². The maximum Gasteiger partial charge on any atom is 0.136 e. The van der Waals surface area contributed by atoms with Crippen LogP contribution < -0.4 is 0 Å². The van der Waals surface area contributed by atoms with E-state index in [0.29, 0.717) is 6.42 Å². The Balaban J connectivity index is 1.81. The fraction of sp³-hybridized carbons (Fsp3) is 0.350. The lowest BCUT2D eigenvalue weighted by Gasteiger charge is -2.39. The summed E-state index contributed by atoms with van der Waals surface area (Å²) in [7, 11) is 0. The molecule has 1 heterocycles. The van der Waals surface area contributed by atoms with E-state index in [1.165, 1.54) is 16.7 Å². The van der Waals surface area contributed by atoms with Gasteiger partial charge in [-0.15, -0.1) is 0 Å². The van der Waals surface area contributed by atoms with Gasteiger partial charge in [0.1, 0.15) is 5.60 Å². The number of aryl methyl sites for hydroxylation is 1. The molecule has 24 heavy (non-hydrogen) atoms. The van der Waals surface area contributed by atoms with Crippen LogP contribution in [0.3, 0.4) is 0 Å². The van der Waals surface area contributed by atoms with Gasteiger partial charge in [0.25, 0.3) is 0 Å². The van der Waals surface area contributed by atoms with Crippen molar-refractivity contribution in [3.8, 4) is 16.4 Å². The zero-order chi connectivity index (χ0) is 16.9.